The van der Waals surface area contributed by atoms with Crippen molar-refractivity contribution in [2.45, 2.75) is 24.9 Å². The first kappa shape index (κ1) is 12.2. The molecule has 1 saturated heterocycles. The number of nitrogen functional groups attached to an aromatic ring is 1. The molecule has 2 aliphatic rings. The van der Waals surface area contributed by atoms with Gasteiger partial charge in [-0.3, -0.25) is 9.78 Å². The standard InChI is InChI=1S/C10H15N5O4/c11-10-13-8-7(9(18)14-10)12-3-15(8)6-1-4(17)5(2-16)19-6/h4-6,12,16-17H,1-3H2,(H3,11,13,14,18). The number of anilines is 3. The summed E-state index contributed by atoms with van der Waals surface area (Å²) in [7, 11) is 0. The fourth-order valence-electron chi connectivity index (χ4n) is 2.39. The van der Waals surface area contributed by atoms with E-state index < -0.39 is 18.4 Å². The lowest BCUT2D eigenvalue weighted by Gasteiger charge is -2.24. The molecule has 2 aliphatic heterocycles. The van der Waals surface area contributed by atoms with E-state index in [-0.39, 0.29) is 18.1 Å². The van der Waals surface area contributed by atoms with Gasteiger partial charge in [-0.2, -0.15) is 4.98 Å². The highest BCUT2D eigenvalue weighted by molar-refractivity contribution is 5.71. The van der Waals surface area contributed by atoms with Gasteiger partial charge in [0.05, 0.1) is 19.4 Å². The Morgan fingerprint density at radius 1 is 1.58 bits per heavy atom. The van der Waals surface area contributed by atoms with Crippen molar-refractivity contribution in [3.63, 3.8) is 0 Å². The van der Waals surface area contributed by atoms with E-state index in [0.29, 0.717) is 24.6 Å². The highest BCUT2D eigenvalue weighted by atomic mass is 16.5. The molecule has 9 heteroatoms. The lowest BCUT2D eigenvalue weighted by atomic mass is 10.2. The summed E-state index contributed by atoms with van der Waals surface area (Å²) >= 11 is 0. The minimum absolute atomic E-state index is 0.0229. The first-order valence-corrected chi connectivity index (χ1v) is 5.95. The summed E-state index contributed by atoms with van der Waals surface area (Å²) in [5.74, 6) is 0.423. The fourth-order valence-corrected chi connectivity index (χ4v) is 2.39. The Labute approximate surface area is 108 Å². The van der Waals surface area contributed by atoms with Gasteiger partial charge in [-0.25, -0.2) is 0 Å². The molecule has 9 nitrogen and oxygen atoms in total. The van der Waals surface area contributed by atoms with Crippen LogP contribution in [0.4, 0.5) is 17.5 Å². The fraction of sp³-hybridized carbons (Fsp3) is 0.600. The quantitative estimate of drug-likeness (QED) is 0.416. The van der Waals surface area contributed by atoms with Crippen LogP contribution < -0.4 is 21.5 Å². The largest absolute Gasteiger partial charge is 0.394 e. The van der Waals surface area contributed by atoms with Crippen molar-refractivity contribution >= 4 is 17.5 Å². The van der Waals surface area contributed by atoms with Crippen LogP contribution in [0.3, 0.4) is 0 Å². The van der Waals surface area contributed by atoms with Gasteiger partial charge in [0, 0.05) is 6.42 Å². The second-order valence-corrected chi connectivity index (χ2v) is 4.57. The normalized spacial score (nSPS) is 29.4. The van der Waals surface area contributed by atoms with Crippen LogP contribution in [0.25, 0.3) is 0 Å². The van der Waals surface area contributed by atoms with E-state index >= 15 is 0 Å². The Morgan fingerprint density at radius 2 is 2.37 bits per heavy atom. The molecule has 1 fully saturated rings. The summed E-state index contributed by atoms with van der Waals surface area (Å²) in [5.41, 5.74) is 5.51. The molecule has 0 bridgehead atoms. The molecule has 3 heterocycles. The number of nitrogens with zero attached hydrogens (tertiary/aromatic N) is 2. The van der Waals surface area contributed by atoms with Crippen LogP contribution in [0.2, 0.25) is 0 Å². The monoisotopic (exact) mass is 269 g/mol. The number of rotatable bonds is 2. The minimum Gasteiger partial charge on any atom is -0.394 e. The molecule has 3 unspecified atom stereocenters. The van der Waals surface area contributed by atoms with E-state index in [2.05, 4.69) is 15.3 Å². The van der Waals surface area contributed by atoms with Crippen molar-refractivity contribution in [3.8, 4) is 0 Å². The topological polar surface area (TPSA) is 137 Å². The third kappa shape index (κ3) is 1.91. The average molecular weight is 269 g/mol. The number of H-pyrrole nitrogens is 1. The number of hydrogen-bond acceptors (Lipinski definition) is 8. The molecule has 6 N–H and O–H groups in total. The van der Waals surface area contributed by atoms with Crippen molar-refractivity contribution in [1.82, 2.24) is 9.97 Å². The third-order valence-electron chi connectivity index (χ3n) is 3.35. The highest BCUT2D eigenvalue weighted by Gasteiger charge is 2.40. The number of nitrogens with two attached hydrogens (primary N) is 1. The Hall–Kier alpha value is -1.84. The number of aliphatic hydroxyl groups excluding tert-OH is 2. The van der Waals surface area contributed by atoms with Crippen LogP contribution >= 0.6 is 0 Å². The number of ether oxygens (including phenoxy) is 1. The van der Waals surface area contributed by atoms with Gasteiger partial charge in [-0.15, -0.1) is 0 Å². The lowest BCUT2D eigenvalue weighted by Crippen LogP contribution is -2.36. The van der Waals surface area contributed by atoms with Gasteiger partial charge in [0.2, 0.25) is 5.95 Å². The van der Waals surface area contributed by atoms with E-state index in [9.17, 15) is 9.90 Å². The summed E-state index contributed by atoms with van der Waals surface area (Å²) in [6, 6.07) is 0. The zero-order chi connectivity index (χ0) is 13.6. The smallest absolute Gasteiger partial charge is 0.277 e. The van der Waals surface area contributed by atoms with Crippen LogP contribution in [-0.2, 0) is 4.74 Å². The molecular weight excluding hydrogens is 254 g/mol. The van der Waals surface area contributed by atoms with Gasteiger partial charge in [0.15, 0.2) is 5.82 Å². The van der Waals surface area contributed by atoms with E-state index in [0.717, 1.165) is 0 Å². The van der Waals surface area contributed by atoms with E-state index in [1.54, 1.807) is 4.90 Å². The van der Waals surface area contributed by atoms with E-state index in [1.165, 1.54) is 0 Å². The predicted octanol–water partition coefficient (Wildman–Crippen LogP) is -1.99. The molecule has 1 aromatic rings. The Kier molecular flexibility index (Phi) is 2.81. The molecule has 0 spiro atoms. The van der Waals surface area contributed by atoms with Crippen molar-refractivity contribution in [3.05, 3.63) is 10.4 Å². The third-order valence-corrected chi connectivity index (χ3v) is 3.35. The summed E-state index contributed by atoms with van der Waals surface area (Å²) in [5, 5.41) is 21.7. The Morgan fingerprint density at radius 3 is 3.05 bits per heavy atom. The van der Waals surface area contributed by atoms with Gasteiger partial charge in [0.1, 0.15) is 18.0 Å². The molecule has 3 atom stereocenters. The van der Waals surface area contributed by atoms with Crippen molar-refractivity contribution < 1.29 is 14.9 Å². The SMILES string of the molecule is Nc1nc2c(c(=O)[nH]1)NCN2C1CC(O)C(CO)O1. The first-order valence-electron chi connectivity index (χ1n) is 5.95. The minimum atomic E-state index is -0.738. The number of aromatic nitrogens is 2. The zero-order valence-electron chi connectivity index (χ0n) is 10.0. The van der Waals surface area contributed by atoms with Crippen LogP contribution in [0.1, 0.15) is 6.42 Å². The van der Waals surface area contributed by atoms with E-state index in [4.69, 9.17) is 15.6 Å². The number of aliphatic hydroxyl groups is 2. The molecule has 0 saturated carbocycles. The molecule has 0 amide bonds. The maximum absolute atomic E-state index is 11.7. The number of hydrogen-bond donors (Lipinski definition) is 5. The van der Waals surface area contributed by atoms with Crippen molar-refractivity contribution in [2.75, 3.05) is 29.2 Å². The average Bonchev–Trinajstić information content (AvgIpc) is 2.92. The molecule has 19 heavy (non-hydrogen) atoms. The Bertz CT molecular complexity index is 547. The maximum atomic E-state index is 11.7. The number of fused-ring (bicyclic) bond motifs is 1. The van der Waals surface area contributed by atoms with Gasteiger partial charge in [0.25, 0.3) is 5.56 Å². The van der Waals surface area contributed by atoms with Crippen molar-refractivity contribution in [1.29, 1.82) is 0 Å². The lowest BCUT2D eigenvalue weighted by molar-refractivity contribution is -0.0218. The molecule has 0 aliphatic carbocycles. The molecular formula is C10H15N5O4. The van der Waals surface area contributed by atoms with Crippen LogP contribution in [0.15, 0.2) is 4.79 Å². The van der Waals surface area contributed by atoms with Gasteiger partial charge in [-0.05, 0) is 0 Å². The van der Waals surface area contributed by atoms with Crippen LogP contribution in [-0.4, -0.2) is 51.9 Å². The summed E-state index contributed by atoms with van der Waals surface area (Å²) in [6.07, 6.45) is -1.47. The van der Waals surface area contributed by atoms with E-state index in [1.807, 2.05) is 0 Å². The molecule has 0 radical (unpaired) electrons. The van der Waals surface area contributed by atoms with Crippen LogP contribution in [0.5, 0.6) is 0 Å². The second kappa shape index (κ2) is 4.37. The van der Waals surface area contributed by atoms with Gasteiger partial charge in [-0.1, -0.05) is 0 Å². The number of aromatic amines is 1. The molecule has 0 aromatic carbocycles. The summed E-state index contributed by atoms with van der Waals surface area (Å²) in [6.45, 7) is 0.0845. The van der Waals surface area contributed by atoms with Gasteiger partial charge >= 0.3 is 0 Å². The highest BCUT2D eigenvalue weighted by Crippen LogP contribution is 2.32. The molecule has 3 rings (SSSR count). The predicted molar refractivity (Wildman–Crippen MR) is 66.6 cm³/mol. The summed E-state index contributed by atoms with van der Waals surface area (Å²) in [4.78, 5) is 19.9. The first-order chi connectivity index (χ1) is 9.10. The molecule has 104 valence electrons. The maximum Gasteiger partial charge on any atom is 0.277 e. The van der Waals surface area contributed by atoms with Crippen molar-refractivity contribution in [2.24, 2.45) is 0 Å². The second-order valence-electron chi connectivity index (χ2n) is 4.57. The number of nitrogens with one attached hydrogen (secondary N) is 2. The molecule has 1 aromatic heterocycles. The summed E-state index contributed by atoms with van der Waals surface area (Å²) < 4.78 is 5.54. The van der Waals surface area contributed by atoms with Crippen LogP contribution in [0, 0.1) is 0 Å². The Balaban J connectivity index is 1.89. The van der Waals surface area contributed by atoms with Gasteiger partial charge < -0.3 is 30.9 Å². The zero-order valence-corrected chi connectivity index (χ0v) is 10.0.